The number of hydrogen-bond donors (Lipinski definition) is 2. The Morgan fingerprint density at radius 2 is 1.78 bits per heavy atom. The Kier molecular flexibility index (Phi) is 5.01. The zero-order valence-corrected chi connectivity index (χ0v) is 12.7. The highest BCUT2D eigenvalue weighted by molar-refractivity contribution is 9.10. The van der Waals surface area contributed by atoms with Gasteiger partial charge in [-0.05, 0) is 40.0 Å². The summed E-state index contributed by atoms with van der Waals surface area (Å²) in [5.74, 6) is -0.000242. The Balaban J connectivity index is 2.12. The Morgan fingerprint density at radius 1 is 1.22 bits per heavy atom. The van der Waals surface area contributed by atoms with Crippen LogP contribution in [0.4, 0.5) is 4.79 Å². The lowest BCUT2D eigenvalue weighted by Gasteiger charge is -2.34. The molecule has 5 nitrogen and oxygen atoms in total. The molecular weight excluding hydrogens is 300 g/mol. The second-order valence-electron chi connectivity index (χ2n) is 5.50. The van der Waals surface area contributed by atoms with Gasteiger partial charge in [0, 0.05) is 13.1 Å². The molecule has 0 aromatic heterocycles. The monoisotopic (exact) mass is 320 g/mol. The number of hydrogen-bond acceptors (Lipinski definition) is 3. The van der Waals surface area contributed by atoms with Gasteiger partial charge in [-0.15, -0.1) is 0 Å². The van der Waals surface area contributed by atoms with Crippen LogP contribution in [0.2, 0.25) is 0 Å². The number of alkyl halides is 1. The van der Waals surface area contributed by atoms with Crippen LogP contribution >= 0.6 is 15.9 Å². The van der Waals surface area contributed by atoms with Crippen LogP contribution in [-0.4, -0.2) is 35.0 Å². The largest absolute Gasteiger partial charge is 0.444 e. The van der Waals surface area contributed by atoms with Crippen molar-refractivity contribution in [2.75, 3.05) is 13.1 Å². The van der Waals surface area contributed by atoms with Gasteiger partial charge in [0.15, 0.2) is 0 Å². The van der Waals surface area contributed by atoms with Gasteiger partial charge in [-0.3, -0.25) is 4.79 Å². The molecule has 0 unspecified atom stereocenters. The van der Waals surface area contributed by atoms with E-state index in [0.29, 0.717) is 13.1 Å². The molecule has 104 valence electrons. The second-order valence-corrected chi connectivity index (χ2v) is 7.02. The predicted molar refractivity (Wildman–Crippen MR) is 72.8 cm³/mol. The first-order valence-corrected chi connectivity index (χ1v) is 6.96. The summed E-state index contributed by atoms with van der Waals surface area (Å²) in [7, 11) is 0. The molecule has 1 fully saturated rings. The summed E-state index contributed by atoms with van der Waals surface area (Å²) in [4.78, 5) is 23.0. The van der Waals surface area contributed by atoms with Crippen molar-refractivity contribution in [2.45, 2.75) is 50.0 Å². The molecule has 0 aromatic rings. The minimum Gasteiger partial charge on any atom is -0.444 e. The molecule has 0 heterocycles. The van der Waals surface area contributed by atoms with Crippen LogP contribution in [0.15, 0.2) is 0 Å². The van der Waals surface area contributed by atoms with Crippen LogP contribution < -0.4 is 10.6 Å². The SMILES string of the molecule is CC(C)(C)OC(=O)NCCNC(=O)C1(Br)CCC1. The van der Waals surface area contributed by atoms with Crippen molar-refractivity contribution in [1.82, 2.24) is 10.6 Å². The van der Waals surface area contributed by atoms with Crippen molar-refractivity contribution in [2.24, 2.45) is 0 Å². The highest BCUT2D eigenvalue weighted by Gasteiger charge is 2.41. The molecule has 0 aromatic carbocycles. The lowest BCUT2D eigenvalue weighted by atomic mass is 9.84. The van der Waals surface area contributed by atoms with Gasteiger partial charge in [0.25, 0.3) is 0 Å². The Labute approximate surface area is 116 Å². The first-order chi connectivity index (χ1) is 8.23. The van der Waals surface area contributed by atoms with Gasteiger partial charge >= 0.3 is 6.09 Å². The number of rotatable bonds is 4. The fourth-order valence-corrected chi connectivity index (χ4v) is 2.23. The minimum atomic E-state index is -0.501. The molecular formula is C12H21BrN2O3. The maximum Gasteiger partial charge on any atom is 0.407 e. The second kappa shape index (κ2) is 5.91. The zero-order chi connectivity index (χ0) is 13.8. The van der Waals surface area contributed by atoms with Crippen molar-refractivity contribution in [1.29, 1.82) is 0 Å². The van der Waals surface area contributed by atoms with Crippen LogP contribution in [0.1, 0.15) is 40.0 Å². The highest BCUT2D eigenvalue weighted by atomic mass is 79.9. The van der Waals surface area contributed by atoms with Gasteiger partial charge in [0.1, 0.15) is 9.93 Å². The van der Waals surface area contributed by atoms with E-state index < -0.39 is 11.7 Å². The van der Waals surface area contributed by atoms with E-state index in [2.05, 4.69) is 26.6 Å². The van der Waals surface area contributed by atoms with E-state index in [1.54, 1.807) is 20.8 Å². The quantitative estimate of drug-likeness (QED) is 0.614. The average Bonchev–Trinajstić information content (AvgIpc) is 2.18. The number of nitrogens with one attached hydrogen (secondary N) is 2. The molecule has 0 bridgehead atoms. The molecule has 0 aliphatic heterocycles. The van der Waals surface area contributed by atoms with Gasteiger partial charge in [0.2, 0.25) is 5.91 Å². The third-order valence-electron chi connectivity index (χ3n) is 2.63. The van der Waals surface area contributed by atoms with Crippen molar-refractivity contribution in [3.05, 3.63) is 0 Å². The summed E-state index contributed by atoms with van der Waals surface area (Å²) in [5, 5.41) is 5.38. The summed E-state index contributed by atoms with van der Waals surface area (Å²) >= 11 is 3.43. The third-order valence-corrected chi connectivity index (χ3v) is 3.78. The fourth-order valence-electron chi connectivity index (χ4n) is 1.53. The van der Waals surface area contributed by atoms with Crippen LogP contribution in [0.25, 0.3) is 0 Å². The summed E-state index contributed by atoms with van der Waals surface area (Å²) < 4.78 is 4.70. The Morgan fingerprint density at radius 3 is 2.22 bits per heavy atom. The standard InChI is InChI=1S/C12H21BrN2O3/c1-11(2,3)18-10(17)15-8-7-14-9(16)12(13)5-4-6-12/h4-8H2,1-3H3,(H,14,16)(H,15,17). The fraction of sp³-hybridized carbons (Fsp3) is 0.833. The van der Waals surface area contributed by atoms with E-state index in [4.69, 9.17) is 4.74 Å². The molecule has 1 aliphatic rings. The number of amides is 2. The maximum absolute atomic E-state index is 11.7. The van der Waals surface area contributed by atoms with Crippen molar-refractivity contribution in [3.63, 3.8) is 0 Å². The number of alkyl carbamates (subject to hydrolysis) is 1. The molecule has 0 atom stereocenters. The number of carbonyl (C=O) groups excluding carboxylic acids is 2. The molecule has 1 aliphatic carbocycles. The number of halogens is 1. The minimum absolute atomic E-state index is 0.000242. The smallest absolute Gasteiger partial charge is 0.407 e. The Hall–Kier alpha value is -0.780. The van der Waals surface area contributed by atoms with Gasteiger partial charge in [-0.2, -0.15) is 0 Å². The van der Waals surface area contributed by atoms with Gasteiger partial charge in [-0.25, -0.2) is 4.79 Å². The Bertz CT molecular complexity index is 322. The van der Waals surface area contributed by atoms with E-state index in [0.717, 1.165) is 19.3 Å². The summed E-state index contributed by atoms with van der Waals surface area (Å²) in [6.45, 7) is 6.19. The number of carbonyl (C=O) groups is 2. The predicted octanol–water partition coefficient (Wildman–Crippen LogP) is 1.94. The van der Waals surface area contributed by atoms with Crippen molar-refractivity contribution in [3.8, 4) is 0 Å². The van der Waals surface area contributed by atoms with Crippen LogP contribution in [0.3, 0.4) is 0 Å². The van der Waals surface area contributed by atoms with Crippen LogP contribution in [0, 0.1) is 0 Å². The molecule has 6 heteroatoms. The van der Waals surface area contributed by atoms with Crippen LogP contribution in [-0.2, 0) is 9.53 Å². The molecule has 18 heavy (non-hydrogen) atoms. The zero-order valence-electron chi connectivity index (χ0n) is 11.1. The molecule has 0 radical (unpaired) electrons. The van der Waals surface area contributed by atoms with Gasteiger partial charge < -0.3 is 15.4 Å². The average molecular weight is 321 g/mol. The third kappa shape index (κ3) is 4.84. The summed E-state index contributed by atoms with van der Waals surface area (Å²) in [6, 6.07) is 0. The molecule has 0 spiro atoms. The molecule has 0 saturated heterocycles. The summed E-state index contributed by atoms with van der Waals surface area (Å²) in [6.07, 6.45) is 2.36. The lowest BCUT2D eigenvalue weighted by molar-refractivity contribution is -0.125. The highest BCUT2D eigenvalue weighted by Crippen LogP contribution is 2.40. The maximum atomic E-state index is 11.7. The topological polar surface area (TPSA) is 67.4 Å². The van der Waals surface area contributed by atoms with E-state index in [1.165, 1.54) is 0 Å². The first-order valence-electron chi connectivity index (χ1n) is 6.17. The molecule has 1 saturated carbocycles. The normalized spacial score (nSPS) is 17.6. The van der Waals surface area contributed by atoms with Gasteiger partial charge in [0.05, 0.1) is 0 Å². The molecule has 2 amide bonds. The molecule has 2 N–H and O–H groups in total. The van der Waals surface area contributed by atoms with E-state index in [1.807, 2.05) is 0 Å². The van der Waals surface area contributed by atoms with Crippen molar-refractivity contribution < 1.29 is 14.3 Å². The first kappa shape index (κ1) is 15.3. The van der Waals surface area contributed by atoms with E-state index in [-0.39, 0.29) is 10.2 Å². The van der Waals surface area contributed by atoms with E-state index >= 15 is 0 Å². The lowest BCUT2D eigenvalue weighted by Crippen LogP contribution is -2.48. The van der Waals surface area contributed by atoms with Gasteiger partial charge in [-0.1, -0.05) is 15.9 Å². The molecule has 1 rings (SSSR count). The van der Waals surface area contributed by atoms with E-state index in [9.17, 15) is 9.59 Å². The van der Waals surface area contributed by atoms with Crippen molar-refractivity contribution >= 4 is 27.9 Å². The summed E-state index contributed by atoms with van der Waals surface area (Å²) in [5.41, 5.74) is -0.501. The number of ether oxygens (including phenoxy) is 1. The van der Waals surface area contributed by atoms with Crippen LogP contribution in [0.5, 0.6) is 0 Å².